The first kappa shape index (κ1) is 6.38. The van der Waals surface area contributed by atoms with Crippen molar-refractivity contribution in [2.45, 2.75) is 37.1 Å². The number of ether oxygens (including phenoxy) is 1. The maximum Gasteiger partial charge on any atom is 0.113 e. The summed E-state index contributed by atoms with van der Waals surface area (Å²) in [6.45, 7) is 3.61. The van der Waals surface area contributed by atoms with Crippen molar-refractivity contribution in [3.05, 3.63) is 12.7 Å². The van der Waals surface area contributed by atoms with Crippen LogP contribution >= 0.6 is 0 Å². The van der Waals surface area contributed by atoms with Gasteiger partial charge in [-0.2, -0.15) is 0 Å². The molecule has 1 heterocycles. The highest BCUT2D eigenvalue weighted by Crippen LogP contribution is 2.47. The molecule has 2 fully saturated rings. The number of hydrogen-bond donors (Lipinski definition) is 1. The van der Waals surface area contributed by atoms with Gasteiger partial charge < -0.3 is 9.84 Å². The van der Waals surface area contributed by atoms with Crippen molar-refractivity contribution in [2.24, 2.45) is 0 Å². The second kappa shape index (κ2) is 1.83. The molecule has 1 saturated heterocycles. The average Bonchev–Trinajstić information content (AvgIpc) is 2.58. The summed E-state index contributed by atoms with van der Waals surface area (Å²) in [4.78, 5) is 0. The molecule has 3 atom stereocenters. The molecule has 0 radical (unpaired) electrons. The van der Waals surface area contributed by atoms with Crippen LogP contribution in [0.3, 0.4) is 0 Å². The lowest BCUT2D eigenvalue weighted by Crippen LogP contribution is -2.31. The summed E-state index contributed by atoms with van der Waals surface area (Å²) in [6, 6.07) is 0. The minimum absolute atomic E-state index is 0.130. The summed E-state index contributed by atoms with van der Waals surface area (Å²) in [5.41, 5.74) is -0.563. The molecule has 0 aromatic heterocycles. The average molecular weight is 140 g/mol. The highest BCUT2D eigenvalue weighted by molar-refractivity contribution is 5.10. The number of rotatable bonds is 2. The third kappa shape index (κ3) is 0.724. The van der Waals surface area contributed by atoms with E-state index in [0.717, 1.165) is 12.8 Å². The molecule has 2 nitrogen and oxygen atoms in total. The van der Waals surface area contributed by atoms with Gasteiger partial charge in [-0.1, -0.05) is 6.08 Å². The van der Waals surface area contributed by atoms with Crippen LogP contribution in [0.1, 0.15) is 19.3 Å². The molecule has 0 aromatic carbocycles. The highest BCUT2D eigenvalue weighted by Gasteiger charge is 2.58. The van der Waals surface area contributed by atoms with Crippen LogP contribution in [0.25, 0.3) is 0 Å². The smallest absolute Gasteiger partial charge is 0.113 e. The molecule has 2 heteroatoms. The van der Waals surface area contributed by atoms with Gasteiger partial charge in [-0.25, -0.2) is 0 Å². The van der Waals surface area contributed by atoms with Gasteiger partial charge in [0.1, 0.15) is 6.10 Å². The molecule has 1 aliphatic heterocycles. The van der Waals surface area contributed by atoms with Gasteiger partial charge in [0.25, 0.3) is 0 Å². The molecule has 1 N–H and O–H groups in total. The van der Waals surface area contributed by atoms with Crippen molar-refractivity contribution in [1.29, 1.82) is 0 Å². The second-order valence-corrected chi connectivity index (χ2v) is 3.23. The standard InChI is InChI=1S/C8H12O2/c1-2-4-8(9)5-3-6-7(8)10-6/h2,6-7,9H,1,3-5H2/t6-,7-,8+/m0/s1. The van der Waals surface area contributed by atoms with Gasteiger partial charge in [0.05, 0.1) is 11.7 Å². The van der Waals surface area contributed by atoms with Crippen LogP contribution in [0.5, 0.6) is 0 Å². The zero-order chi connectivity index (χ0) is 7.19. The molecule has 1 aliphatic carbocycles. The molecule has 2 aliphatic rings. The molecule has 1 saturated carbocycles. The summed E-state index contributed by atoms with van der Waals surface area (Å²) >= 11 is 0. The molecule has 0 unspecified atom stereocenters. The Bertz CT molecular complexity index is 167. The largest absolute Gasteiger partial charge is 0.387 e. The molecule has 0 amide bonds. The van der Waals surface area contributed by atoms with Crippen molar-refractivity contribution in [3.8, 4) is 0 Å². The molecule has 0 spiro atoms. The Morgan fingerprint density at radius 3 is 3.00 bits per heavy atom. The lowest BCUT2D eigenvalue weighted by molar-refractivity contribution is 0.00627. The first-order chi connectivity index (χ1) is 4.76. The SMILES string of the molecule is C=CC[C@@]1(O)CC[C@@H]2O[C@@H]21. The van der Waals surface area contributed by atoms with E-state index in [1.54, 1.807) is 6.08 Å². The van der Waals surface area contributed by atoms with Gasteiger partial charge in [-0.3, -0.25) is 0 Å². The number of epoxide rings is 1. The van der Waals surface area contributed by atoms with Crippen LogP contribution in [-0.2, 0) is 4.74 Å². The summed E-state index contributed by atoms with van der Waals surface area (Å²) < 4.78 is 5.22. The lowest BCUT2D eigenvalue weighted by Gasteiger charge is -2.20. The van der Waals surface area contributed by atoms with Crippen molar-refractivity contribution in [2.75, 3.05) is 0 Å². The van der Waals surface area contributed by atoms with E-state index < -0.39 is 5.60 Å². The third-order valence-electron chi connectivity index (χ3n) is 2.47. The fourth-order valence-corrected chi connectivity index (χ4v) is 1.84. The van der Waals surface area contributed by atoms with Crippen LogP contribution in [-0.4, -0.2) is 22.9 Å². The van der Waals surface area contributed by atoms with Crippen molar-refractivity contribution < 1.29 is 9.84 Å². The summed E-state index contributed by atoms with van der Waals surface area (Å²) in [7, 11) is 0. The maximum atomic E-state index is 9.81. The van der Waals surface area contributed by atoms with Crippen molar-refractivity contribution >= 4 is 0 Å². The van der Waals surface area contributed by atoms with Crippen LogP contribution < -0.4 is 0 Å². The molecular formula is C8H12O2. The normalized spacial score (nSPS) is 50.5. The third-order valence-corrected chi connectivity index (χ3v) is 2.47. The minimum Gasteiger partial charge on any atom is -0.387 e. The van der Waals surface area contributed by atoms with Crippen molar-refractivity contribution in [3.63, 3.8) is 0 Å². The van der Waals surface area contributed by atoms with Gasteiger partial charge in [0.2, 0.25) is 0 Å². The van der Waals surface area contributed by atoms with Gasteiger partial charge in [0, 0.05) is 0 Å². The maximum absolute atomic E-state index is 9.81. The predicted molar refractivity (Wildman–Crippen MR) is 37.7 cm³/mol. The van der Waals surface area contributed by atoms with E-state index in [0.29, 0.717) is 12.5 Å². The van der Waals surface area contributed by atoms with Crippen LogP contribution in [0.4, 0.5) is 0 Å². The molecule has 56 valence electrons. The number of fused-ring (bicyclic) bond motifs is 1. The van der Waals surface area contributed by atoms with E-state index in [1.165, 1.54) is 0 Å². The Balaban J connectivity index is 2.06. The van der Waals surface area contributed by atoms with Crippen molar-refractivity contribution in [1.82, 2.24) is 0 Å². The molecular weight excluding hydrogens is 128 g/mol. The van der Waals surface area contributed by atoms with Crippen LogP contribution in [0.15, 0.2) is 12.7 Å². The number of aliphatic hydroxyl groups is 1. The van der Waals surface area contributed by atoms with E-state index in [1.807, 2.05) is 0 Å². The molecule has 10 heavy (non-hydrogen) atoms. The number of hydrogen-bond acceptors (Lipinski definition) is 2. The van der Waals surface area contributed by atoms with Gasteiger partial charge in [0.15, 0.2) is 0 Å². The fraction of sp³-hybridized carbons (Fsp3) is 0.750. The first-order valence-electron chi connectivity index (χ1n) is 3.75. The Hall–Kier alpha value is -0.340. The molecule has 0 bridgehead atoms. The quantitative estimate of drug-likeness (QED) is 0.455. The Morgan fingerprint density at radius 2 is 2.60 bits per heavy atom. The van der Waals surface area contributed by atoms with Gasteiger partial charge in [-0.05, 0) is 19.3 Å². The topological polar surface area (TPSA) is 32.8 Å². The van der Waals surface area contributed by atoms with E-state index in [4.69, 9.17) is 4.74 Å². The van der Waals surface area contributed by atoms with E-state index in [9.17, 15) is 5.11 Å². The fourth-order valence-electron chi connectivity index (χ4n) is 1.84. The van der Waals surface area contributed by atoms with Gasteiger partial charge >= 0.3 is 0 Å². The van der Waals surface area contributed by atoms with Crippen LogP contribution in [0.2, 0.25) is 0 Å². The van der Waals surface area contributed by atoms with Gasteiger partial charge in [-0.15, -0.1) is 6.58 Å². The lowest BCUT2D eigenvalue weighted by atomic mass is 9.97. The molecule has 0 aromatic rings. The summed E-state index contributed by atoms with van der Waals surface area (Å²) in [5, 5.41) is 9.81. The zero-order valence-corrected chi connectivity index (χ0v) is 5.92. The van der Waals surface area contributed by atoms with E-state index >= 15 is 0 Å². The second-order valence-electron chi connectivity index (χ2n) is 3.23. The monoisotopic (exact) mass is 140 g/mol. The Kier molecular flexibility index (Phi) is 1.17. The first-order valence-corrected chi connectivity index (χ1v) is 3.75. The molecule has 2 rings (SSSR count). The van der Waals surface area contributed by atoms with E-state index in [-0.39, 0.29) is 6.10 Å². The minimum atomic E-state index is -0.563. The summed E-state index contributed by atoms with van der Waals surface area (Å²) in [5.74, 6) is 0. The predicted octanol–water partition coefficient (Wildman–Crippen LogP) is 0.855. The zero-order valence-electron chi connectivity index (χ0n) is 5.92. The van der Waals surface area contributed by atoms with Crippen LogP contribution in [0, 0.1) is 0 Å². The van der Waals surface area contributed by atoms with E-state index in [2.05, 4.69) is 6.58 Å². The highest BCUT2D eigenvalue weighted by atomic mass is 16.6. The Labute approximate surface area is 60.5 Å². The summed E-state index contributed by atoms with van der Waals surface area (Å²) in [6.07, 6.45) is 4.84. The Morgan fingerprint density at radius 1 is 1.80 bits per heavy atom.